The maximum Gasteiger partial charge on any atom is 0.337 e. The van der Waals surface area contributed by atoms with Crippen LogP contribution in [0.1, 0.15) is 35.7 Å². The maximum absolute atomic E-state index is 12.1. The lowest BCUT2D eigenvalue weighted by Crippen LogP contribution is -2.22. The summed E-state index contributed by atoms with van der Waals surface area (Å²) in [6.45, 7) is 4.25. The van der Waals surface area contributed by atoms with Crippen LogP contribution in [0.3, 0.4) is 0 Å². The van der Waals surface area contributed by atoms with Crippen LogP contribution in [0.25, 0.3) is 0 Å². The van der Waals surface area contributed by atoms with Crippen LogP contribution in [0.15, 0.2) is 42.5 Å². The van der Waals surface area contributed by atoms with Gasteiger partial charge in [0.1, 0.15) is 0 Å². The molecule has 2 aromatic carbocycles. The van der Waals surface area contributed by atoms with Crippen molar-refractivity contribution >= 4 is 34.9 Å². The zero-order valence-corrected chi connectivity index (χ0v) is 15.2. The number of ether oxygens (including phenoxy) is 1. The quantitative estimate of drug-likeness (QED) is 0.753. The number of anilines is 2. The van der Waals surface area contributed by atoms with Gasteiger partial charge in [-0.25, -0.2) is 4.79 Å². The van der Waals surface area contributed by atoms with Gasteiger partial charge in [-0.3, -0.25) is 4.79 Å². The van der Waals surface area contributed by atoms with E-state index in [1.54, 1.807) is 18.2 Å². The number of carbonyl (C=O) groups is 2. The van der Waals surface area contributed by atoms with Crippen molar-refractivity contribution in [2.75, 3.05) is 24.3 Å². The first-order valence-corrected chi connectivity index (χ1v) is 8.30. The van der Waals surface area contributed by atoms with Crippen molar-refractivity contribution in [1.29, 1.82) is 0 Å². The summed E-state index contributed by atoms with van der Waals surface area (Å²) in [7, 11) is 1.31. The molecule has 0 radical (unpaired) electrons. The van der Waals surface area contributed by atoms with E-state index in [9.17, 15) is 9.59 Å². The van der Waals surface area contributed by atoms with E-state index in [0.29, 0.717) is 22.2 Å². The number of nitrogens with one attached hydrogen (secondary N) is 2. The van der Waals surface area contributed by atoms with E-state index in [1.165, 1.54) is 12.7 Å². The number of methoxy groups -OCH3 is 1. The summed E-state index contributed by atoms with van der Waals surface area (Å²) in [5, 5.41) is 6.16. The number of esters is 1. The first-order valence-electron chi connectivity index (χ1n) is 7.92. The normalized spacial score (nSPS) is 10.4. The third-order valence-electron chi connectivity index (χ3n) is 3.69. The predicted molar refractivity (Wildman–Crippen MR) is 100 cm³/mol. The van der Waals surface area contributed by atoms with Gasteiger partial charge in [0, 0.05) is 5.69 Å². The average molecular weight is 361 g/mol. The molecule has 0 heterocycles. The third-order valence-corrected chi connectivity index (χ3v) is 4.02. The van der Waals surface area contributed by atoms with E-state index in [2.05, 4.69) is 29.2 Å². The van der Waals surface area contributed by atoms with Crippen LogP contribution in [-0.4, -0.2) is 25.5 Å². The van der Waals surface area contributed by atoms with Gasteiger partial charge in [0.25, 0.3) is 0 Å². The standard InChI is InChI=1S/C19H21ClN2O3/c1-12(2)13-4-7-15(8-5-13)22-18(23)11-21-17-10-14(19(24)25-3)6-9-16(17)20/h4-10,12,21H,11H2,1-3H3,(H,22,23). The van der Waals surface area contributed by atoms with Gasteiger partial charge in [-0.1, -0.05) is 37.6 Å². The smallest absolute Gasteiger partial charge is 0.337 e. The topological polar surface area (TPSA) is 67.4 Å². The van der Waals surface area contributed by atoms with E-state index in [-0.39, 0.29) is 12.5 Å². The fraction of sp³-hybridized carbons (Fsp3) is 0.263. The number of halogens is 1. The molecule has 2 rings (SSSR count). The summed E-state index contributed by atoms with van der Waals surface area (Å²) in [4.78, 5) is 23.6. The van der Waals surface area contributed by atoms with Crippen LogP contribution in [0.4, 0.5) is 11.4 Å². The van der Waals surface area contributed by atoms with Gasteiger partial charge in [0.2, 0.25) is 5.91 Å². The van der Waals surface area contributed by atoms with E-state index >= 15 is 0 Å². The molecule has 0 bridgehead atoms. The fourth-order valence-electron chi connectivity index (χ4n) is 2.24. The maximum atomic E-state index is 12.1. The van der Waals surface area contributed by atoms with Gasteiger partial charge in [-0.15, -0.1) is 0 Å². The van der Waals surface area contributed by atoms with Gasteiger partial charge in [0.05, 0.1) is 29.9 Å². The Labute approximate surface area is 152 Å². The Hall–Kier alpha value is -2.53. The Morgan fingerprint density at radius 2 is 1.80 bits per heavy atom. The van der Waals surface area contributed by atoms with Crippen molar-refractivity contribution in [2.45, 2.75) is 19.8 Å². The number of hydrogen-bond donors (Lipinski definition) is 2. The molecule has 0 aliphatic rings. The van der Waals surface area contributed by atoms with Gasteiger partial charge in [0.15, 0.2) is 0 Å². The molecule has 25 heavy (non-hydrogen) atoms. The largest absolute Gasteiger partial charge is 0.465 e. The molecular weight excluding hydrogens is 340 g/mol. The lowest BCUT2D eigenvalue weighted by Gasteiger charge is -2.11. The summed E-state index contributed by atoms with van der Waals surface area (Å²) in [6.07, 6.45) is 0. The predicted octanol–water partition coefficient (Wildman–Crippen LogP) is 4.30. The Balaban J connectivity index is 1.96. The Kier molecular flexibility index (Phi) is 6.42. The van der Waals surface area contributed by atoms with Gasteiger partial charge >= 0.3 is 5.97 Å². The summed E-state index contributed by atoms with van der Waals surface area (Å²) >= 11 is 6.09. The van der Waals surface area contributed by atoms with Crippen molar-refractivity contribution in [3.8, 4) is 0 Å². The van der Waals surface area contributed by atoms with Crippen LogP contribution in [0.2, 0.25) is 5.02 Å². The second-order valence-corrected chi connectivity index (χ2v) is 6.27. The lowest BCUT2D eigenvalue weighted by atomic mass is 10.0. The molecule has 0 aliphatic heterocycles. The molecular formula is C19H21ClN2O3. The minimum atomic E-state index is -0.464. The summed E-state index contributed by atoms with van der Waals surface area (Å²) in [5.41, 5.74) is 2.79. The van der Waals surface area contributed by atoms with Gasteiger partial charge < -0.3 is 15.4 Å². The monoisotopic (exact) mass is 360 g/mol. The molecule has 0 aliphatic carbocycles. The molecule has 132 valence electrons. The van der Waals surface area contributed by atoms with Gasteiger partial charge in [-0.05, 0) is 41.8 Å². The zero-order valence-electron chi connectivity index (χ0n) is 14.4. The van der Waals surface area contributed by atoms with Crippen LogP contribution in [0, 0.1) is 0 Å². The van der Waals surface area contributed by atoms with Crippen LogP contribution < -0.4 is 10.6 Å². The first-order chi connectivity index (χ1) is 11.9. The van der Waals surface area contributed by atoms with E-state index in [4.69, 9.17) is 11.6 Å². The van der Waals surface area contributed by atoms with Crippen molar-refractivity contribution < 1.29 is 14.3 Å². The van der Waals surface area contributed by atoms with Gasteiger partial charge in [-0.2, -0.15) is 0 Å². The highest BCUT2D eigenvalue weighted by Gasteiger charge is 2.10. The highest BCUT2D eigenvalue weighted by atomic mass is 35.5. The summed E-state index contributed by atoms with van der Waals surface area (Å²) in [6, 6.07) is 12.4. The number of benzene rings is 2. The minimum absolute atomic E-state index is 0.0241. The fourth-order valence-corrected chi connectivity index (χ4v) is 2.42. The van der Waals surface area contributed by atoms with Crippen LogP contribution >= 0.6 is 11.6 Å². The second kappa shape index (κ2) is 8.53. The molecule has 0 unspecified atom stereocenters. The van der Waals surface area contributed by atoms with Crippen LogP contribution in [0.5, 0.6) is 0 Å². The average Bonchev–Trinajstić information content (AvgIpc) is 2.60. The Bertz CT molecular complexity index is 758. The molecule has 0 saturated heterocycles. The SMILES string of the molecule is COC(=O)c1ccc(Cl)c(NCC(=O)Nc2ccc(C(C)C)cc2)c1. The number of carbonyl (C=O) groups excluding carboxylic acids is 2. The van der Waals surface area contributed by atoms with Crippen molar-refractivity contribution in [3.05, 3.63) is 58.6 Å². The van der Waals surface area contributed by atoms with Crippen molar-refractivity contribution in [2.24, 2.45) is 0 Å². The third kappa shape index (κ3) is 5.22. The molecule has 2 N–H and O–H groups in total. The number of amides is 1. The van der Waals surface area contributed by atoms with E-state index in [0.717, 1.165) is 5.69 Å². The molecule has 1 amide bonds. The Morgan fingerprint density at radius 3 is 2.40 bits per heavy atom. The minimum Gasteiger partial charge on any atom is -0.465 e. The number of rotatable bonds is 6. The summed E-state index contributed by atoms with van der Waals surface area (Å²) < 4.78 is 4.67. The lowest BCUT2D eigenvalue weighted by molar-refractivity contribution is -0.114. The Morgan fingerprint density at radius 1 is 1.12 bits per heavy atom. The second-order valence-electron chi connectivity index (χ2n) is 5.86. The zero-order chi connectivity index (χ0) is 18.4. The van der Waals surface area contributed by atoms with E-state index < -0.39 is 5.97 Å². The highest BCUT2D eigenvalue weighted by molar-refractivity contribution is 6.33. The van der Waals surface area contributed by atoms with Crippen molar-refractivity contribution in [3.63, 3.8) is 0 Å². The molecule has 0 atom stereocenters. The molecule has 0 spiro atoms. The number of hydrogen-bond acceptors (Lipinski definition) is 4. The molecule has 0 saturated carbocycles. The molecule has 2 aromatic rings. The van der Waals surface area contributed by atoms with Crippen molar-refractivity contribution in [1.82, 2.24) is 0 Å². The van der Waals surface area contributed by atoms with Crippen LogP contribution in [-0.2, 0) is 9.53 Å². The highest BCUT2D eigenvalue weighted by Crippen LogP contribution is 2.23. The molecule has 0 fully saturated rings. The molecule has 0 aromatic heterocycles. The first kappa shape index (κ1) is 18.8. The molecule has 6 heteroatoms. The molecule has 5 nitrogen and oxygen atoms in total. The summed E-state index contributed by atoms with van der Waals surface area (Å²) in [5.74, 6) is -0.234. The van der Waals surface area contributed by atoms with E-state index in [1.807, 2.05) is 24.3 Å².